The number of ether oxygens (including phenoxy) is 1. The summed E-state index contributed by atoms with van der Waals surface area (Å²) in [6.45, 7) is 7.89. The van der Waals surface area contributed by atoms with Crippen molar-refractivity contribution >= 4 is 23.0 Å². The number of carbonyl (C=O) groups excluding carboxylic acids is 1. The monoisotopic (exact) mass is 498 g/mol. The maximum Gasteiger partial charge on any atom is 0.255 e. The highest BCUT2D eigenvalue weighted by Crippen LogP contribution is 2.33. The quantitative estimate of drug-likeness (QED) is 0.466. The molecule has 8 nitrogen and oxygen atoms in total. The average Bonchev–Trinajstić information content (AvgIpc) is 3.35. The largest absolute Gasteiger partial charge is 0.495 e. The number of benzene rings is 3. The Kier molecular flexibility index (Phi) is 7.03. The lowest BCUT2D eigenvalue weighted by Gasteiger charge is -2.35. The first-order valence-corrected chi connectivity index (χ1v) is 12.5. The van der Waals surface area contributed by atoms with Gasteiger partial charge in [-0.2, -0.15) is 0 Å². The molecule has 3 aromatic carbocycles. The predicted molar refractivity (Wildman–Crippen MR) is 150 cm³/mol. The van der Waals surface area contributed by atoms with Crippen molar-refractivity contribution in [1.82, 2.24) is 15.9 Å². The van der Waals surface area contributed by atoms with Gasteiger partial charge in [0.1, 0.15) is 5.75 Å². The van der Waals surface area contributed by atoms with Gasteiger partial charge in [-0.1, -0.05) is 18.2 Å². The summed E-state index contributed by atoms with van der Waals surface area (Å²) in [7, 11) is 3.82. The van der Waals surface area contributed by atoms with Crippen molar-refractivity contribution in [1.29, 1.82) is 0 Å². The van der Waals surface area contributed by atoms with Crippen molar-refractivity contribution in [2.45, 2.75) is 13.8 Å². The Labute approximate surface area is 218 Å². The van der Waals surface area contributed by atoms with E-state index in [0.717, 1.165) is 71.4 Å². The molecule has 0 atom stereocenters. The van der Waals surface area contributed by atoms with E-state index in [9.17, 15) is 4.79 Å². The summed E-state index contributed by atoms with van der Waals surface area (Å²) >= 11 is 0. The van der Waals surface area contributed by atoms with Crippen LogP contribution in [0, 0.1) is 6.92 Å². The van der Waals surface area contributed by atoms with Crippen LogP contribution in [0.2, 0.25) is 0 Å². The van der Waals surface area contributed by atoms with E-state index in [2.05, 4.69) is 57.4 Å². The first kappa shape index (κ1) is 24.7. The van der Waals surface area contributed by atoms with Crippen molar-refractivity contribution < 1.29 is 9.53 Å². The van der Waals surface area contributed by atoms with Gasteiger partial charge in [-0.05, 0) is 80.1 Å². The van der Waals surface area contributed by atoms with Gasteiger partial charge in [0.25, 0.3) is 5.91 Å². The molecule has 0 aromatic heterocycles. The van der Waals surface area contributed by atoms with E-state index in [0.29, 0.717) is 5.56 Å². The highest BCUT2D eigenvalue weighted by Gasteiger charge is 2.19. The number of hydrogen-bond donors (Lipinski definition) is 3. The van der Waals surface area contributed by atoms with Gasteiger partial charge in [-0.25, -0.2) is 0 Å². The van der Waals surface area contributed by atoms with E-state index in [1.165, 1.54) is 0 Å². The zero-order valence-electron chi connectivity index (χ0n) is 21.8. The Morgan fingerprint density at radius 2 is 1.70 bits per heavy atom. The number of hydrazine groups is 2. The molecular weight excluding hydrogens is 464 g/mol. The molecular formula is C29H34N6O2. The third-order valence-corrected chi connectivity index (χ3v) is 6.92. The molecule has 37 heavy (non-hydrogen) atoms. The second kappa shape index (κ2) is 10.5. The van der Waals surface area contributed by atoms with Crippen LogP contribution in [0.1, 0.15) is 22.8 Å². The fourth-order valence-corrected chi connectivity index (χ4v) is 4.74. The Morgan fingerprint density at radius 1 is 0.946 bits per heavy atom. The average molecular weight is 499 g/mol. The first-order chi connectivity index (χ1) is 17.9. The molecule has 192 valence electrons. The summed E-state index contributed by atoms with van der Waals surface area (Å²) in [5, 5.41) is 5.01. The van der Waals surface area contributed by atoms with Crippen LogP contribution >= 0.6 is 0 Å². The van der Waals surface area contributed by atoms with E-state index in [4.69, 9.17) is 4.74 Å². The number of nitrogens with zero attached hydrogens (tertiary/aromatic N) is 3. The Bertz CT molecular complexity index is 1310. The molecule has 0 aliphatic carbocycles. The number of nitrogens with one attached hydrogen (secondary N) is 3. The van der Waals surface area contributed by atoms with Gasteiger partial charge in [0.15, 0.2) is 0 Å². The minimum absolute atomic E-state index is 0.130. The van der Waals surface area contributed by atoms with Crippen LogP contribution in [0.25, 0.3) is 11.1 Å². The molecule has 2 aliphatic rings. The zero-order chi connectivity index (χ0) is 25.9. The number of aryl methyl sites for hydroxylation is 1. The number of hydrogen-bond acceptors (Lipinski definition) is 7. The Hall–Kier alpha value is -4.01. The molecule has 0 unspecified atom stereocenters. The second-order valence-corrected chi connectivity index (χ2v) is 9.63. The molecule has 2 aliphatic heterocycles. The summed E-state index contributed by atoms with van der Waals surface area (Å²) in [4.78, 5) is 17.8. The van der Waals surface area contributed by atoms with Crippen LogP contribution in [-0.2, 0) is 0 Å². The maximum absolute atomic E-state index is 13.1. The Morgan fingerprint density at radius 3 is 2.35 bits per heavy atom. The molecule has 3 aromatic rings. The number of allylic oxidation sites excluding steroid dienone is 1. The van der Waals surface area contributed by atoms with Gasteiger partial charge in [0, 0.05) is 49.3 Å². The number of anilines is 3. The van der Waals surface area contributed by atoms with Gasteiger partial charge in [0.05, 0.1) is 18.5 Å². The predicted octanol–water partition coefficient (Wildman–Crippen LogP) is 4.37. The minimum Gasteiger partial charge on any atom is -0.495 e. The summed E-state index contributed by atoms with van der Waals surface area (Å²) < 4.78 is 5.60. The Balaban J connectivity index is 1.30. The highest BCUT2D eigenvalue weighted by molar-refractivity contribution is 6.05. The summed E-state index contributed by atoms with van der Waals surface area (Å²) in [6.07, 6.45) is 2.00. The number of amides is 1. The van der Waals surface area contributed by atoms with Crippen LogP contribution in [0.3, 0.4) is 0 Å². The minimum atomic E-state index is -0.130. The molecule has 3 N–H and O–H groups in total. The van der Waals surface area contributed by atoms with Crippen molar-refractivity contribution in [2.24, 2.45) is 0 Å². The maximum atomic E-state index is 13.1. The fourth-order valence-electron chi connectivity index (χ4n) is 4.74. The number of piperazine rings is 1. The highest BCUT2D eigenvalue weighted by atomic mass is 16.5. The van der Waals surface area contributed by atoms with Crippen LogP contribution in [0.15, 0.2) is 72.6 Å². The number of carbonyl (C=O) groups is 1. The van der Waals surface area contributed by atoms with Crippen molar-refractivity contribution in [3.63, 3.8) is 0 Å². The SMILES string of the molecule is COc1ccc(NC(=O)c2ccc(-c3ccc(N4C=C(C)NN4)cc3)c(C)c2)cc1N1CCN(C)CC1. The summed E-state index contributed by atoms with van der Waals surface area (Å²) in [5.74, 6) is 0.686. The topological polar surface area (TPSA) is 72.1 Å². The zero-order valence-corrected chi connectivity index (χ0v) is 21.8. The lowest BCUT2D eigenvalue weighted by molar-refractivity contribution is 0.102. The van der Waals surface area contributed by atoms with E-state index < -0.39 is 0 Å². The van der Waals surface area contributed by atoms with Crippen molar-refractivity contribution in [3.8, 4) is 16.9 Å². The van der Waals surface area contributed by atoms with Gasteiger partial charge in [-0.3, -0.25) is 9.80 Å². The standard InChI is InChI=1S/C29H34N6O2/c1-20-17-23(7-11-26(20)22-5-9-25(10-6-22)35-19-21(2)31-32-35)29(36)30-24-8-12-28(37-4)27(18-24)34-15-13-33(3)14-16-34/h5-12,17-19,31-32H,13-16H2,1-4H3,(H,30,36). The van der Waals surface area contributed by atoms with E-state index in [1.807, 2.05) is 61.5 Å². The molecule has 0 bridgehead atoms. The lowest BCUT2D eigenvalue weighted by atomic mass is 9.98. The fraction of sp³-hybridized carbons (Fsp3) is 0.276. The van der Waals surface area contributed by atoms with Gasteiger partial charge in [-0.15, -0.1) is 5.53 Å². The van der Waals surface area contributed by atoms with Gasteiger partial charge < -0.3 is 25.3 Å². The van der Waals surface area contributed by atoms with E-state index in [-0.39, 0.29) is 5.91 Å². The van der Waals surface area contributed by atoms with Gasteiger partial charge >= 0.3 is 0 Å². The molecule has 2 heterocycles. The van der Waals surface area contributed by atoms with Crippen LogP contribution in [0.4, 0.5) is 17.1 Å². The molecule has 0 radical (unpaired) electrons. The lowest BCUT2D eigenvalue weighted by Crippen LogP contribution is -2.44. The normalized spacial score (nSPS) is 15.8. The molecule has 1 saturated heterocycles. The number of methoxy groups -OCH3 is 1. The van der Waals surface area contributed by atoms with Crippen LogP contribution in [0.5, 0.6) is 5.75 Å². The summed E-state index contributed by atoms with van der Waals surface area (Å²) in [5.41, 5.74) is 13.9. The van der Waals surface area contributed by atoms with E-state index >= 15 is 0 Å². The molecule has 1 amide bonds. The smallest absolute Gasteiger partial charge is 0.255 e. The molecule has 0 spiro atoms. The van der Waals surface area contributed by atoms with Crippen molar-refractivity contribution in [3.05, 3.63) is 83.7 Å². The second-order valence-electron chi connectivity index (χ2n) is 9.63. The van der Waals surface area contributed by atoms with Crippen molar-refractivity contribution in [2.75, 3.05) is 55.6 Å². The first-order valence-electron chi connectivity index (χ1n) is 12.5. The molecule has 1 fully saturated rings. The number of likely N-dealkylation sites (N-methyl/N-ethyl adjacent to an activating group) is 1. The third kappa shape index (κ3) is 5.40. The molecule has 8 heteroatoms. The van der Waals surface area contributed by atoms with Gasteiger partial charge in [0.2, 0.25) is 0 Å². The third-order valence-electron chi connectivity index (χ3n) is 6.92. The molecule has 0 saturated carbocycles. The van der Waals surface area contributed by atoms with Crippen LogP contribution < -0.4 is 30.9 Å². The molecule has 5 rings (SSSR count). The van der Waals surface area contributed by atoms with E-state index in [1.54, 1.807) is 7.11 Å². The van der Waals surface area contributed by atoms with Crippen LogP contribution in [-0.4, -0.2) is 51.1 Å². The summed E-state index contributed by atoms with van der Waals surface area (Å²) in [6, 6.07) is 20.0. The number of rotatable bonds is 6.